The summed E-state index contributed by atoms with van der Waals surface area (Å²) in [6.45, 7) is 0. The first-order valence-electron chi connectivity index (χ1n) is 5.33. The summed E-state index contributed by atoms with van der Waals surface area (Å²) < 4.78 is 1.74. The number of para-hydroxylation sites is 1. The molecule has 2 aromatic heterocycles. The van der Waals surface area contributed by atoms with Gasteiger partial charge in [-0.15, -0.1) is 0 Å². The predicted molar refractivity (Wildman–Crippen MR) is 66.2 cm³/mol. The lowest BCUT2D eigenvalue weighted by Gasteiger charge is -2.07. The highest BCUT2D eigenvalue weighted by Crippen LogP contribution is 2.19. The van der Waals surface area contributed by atoms with Gasteiger partial charge >= 0.3 is 0 Å². The molecule has 2 heterocycles. The van der Waals surface area contributed by atoms with Crippen LogP contribution in [-0.4, -0.2) is 26.8 Å². The van der Waals surface area contributed by atoms with E-state index in [0.717, 1.165) is 16.7 Å². The number of fused-ring (bicyclic) bond motifs is 1. The van der Waals surface area contributed by atoms with Crippen molar-refractivity contribution in [3.05, 3.63) is 42.7 Å². The van der Waals surface area contributed by atoms with E-state index in [4.69, 9.17) is 0 Å². The van der Waals surface area contributed by atoms with Crippen LogP contribution in [0.3, 0.4) is 0 Å². The normalized spacial score (nSPS) is 10.6. The molecule has 0 aliphatic rings. The number of rotatable bonds is 2. The van der Waals surface area contributed by atoms with Crippen LogP contribution in [-0.2, 0) is 0 Å². The lowest BCUT2D eigenvalue weighted by Crippen LogP contribution is -2.04. The molecule has 0 aliphatic heterocycles. The molecule has 84 valence electrons. The van der Waals surface area contributed by atoms with E-state index in [1.165, 1.54) is 0 Å². The van der Waals surface area contributed by atoms with Crippen LogP contribution < -0.4 is 5.32 Å². The first-order valence-corrected chi connectivity index (χ1v) is 5.33. The van der Waals surface area contributed by atoms with Crippen molar-refractivity contribution in [2.45, 2.75) is 0 Å². The van der Waals surface area contributed by atoms with Crippen molar-refractivity contribution in [2.75, 3.05) is 12.4 Å². The lowest BCUT2D eigenvalue weighted by atomic mass is 10.2. The van der Waals surface area contributed by atoms with E-state index in [-0.39, 0.29) is 0 Å². The summed E-state index contributed by atoms with van der Waals surface area (Å²) in [5, 5.41) is 8.15. The zero-order valence-electron chi connectivity index (χ0n) is 9.33. The first kappa shape index (κ1) is 9.77. The van der Waals surface area contributed by atoms with Gasteiger partial charge in [0.05, 0.1) is 5.52 Å². The van der Waals surface area contributed by atoms with E-state index in [1.54, 1.807) is 17.9 Å². The van der Waals surface area contributed by atoms with Crippen LogP contribution in [0.25, 0.3) is 16.7 Å². The van der Waals surface area contributed by atoms with Crippen LogP contribution in [0.15, 0.2) is 42.7 Å². The molecule has 0 unspecified atom stereocenters. The van der Waals surface area contributed by atoms with E-state index in [9.17, 15) is 0 Å². The van der Waals surface area contributed by atoms with Gasteiger partial charge < -0.3 is 5.32 Å². The van der Waals surface area contributed by atoms with Crippen molar-refractivity contribution < 1.29 is 0 Å². The third-order valence-electron chi connectivity index (χ3n) is 2.53. The smallest absolute Gasteiger partial charge is 0.225 e. The molecule has 0 spiro atoms. The standard InChI is InChI=1S/C12H11N5/c1-13-12-15-10-6-3-2-5-9(10)11(16-12)17-8-4-7-14-17/h2-8H,1H3,(H,13,15,16). The van der Waals surface area contributed by atoms with Crippen LogP contribution in [0.1, 0.15) is 0 Å². The van der Waals surface area contributed by atoms with Crippen LogP contribution in [0.2, 0.25) is 0 Å². The minimum Gasteiger partial charge on any atom is -0.357 e. The van der Waals surface area contributed by atoms with Gasteiger partial charge in [0.1, 0.15) is 0 Å². The molecule has 3 aromatic rings. The first-order chi connectivity index (χ1) is 8.38. The van der Waals surface area contributed by atoms with Crippen molar-refractivity contribution in [1.82, 2.24) is 19.7 Å². The van der Waals surface area contributed by atoms with Gasteiger partial charge in [0.2, 0.25) is 5.95 Å². The quantitative estimate of drug-likeness (QED) is 0.723. The fourth-order valence-electron chi connectivity index (χ4n) is 1.74. The summed E-state index contributed by atoms with van der Waals surface area (Å²) in [6, 6.07) is 9.76. The number of hydrogen-bond acceptors (Lipinski definition) is 4. The molecule has 5 nitrogen and oxygen atoms in total. The molecule has 17 heavy (non-hydrogen) atoms. The highest BCUT2D eigenvalue weighted by molar-refractivity contribution is 5.86. The van der Waals surface area contributed by atoms with Crippen LogP contribution in [0.4, 0.5) is 5.95 Å². The topological polar surface area (TPSA) is 55.6 Å². The Morgan fingerprint density at radius 2 is 2.00 bits per heavy atom. The Morgan fingerprint density at radius 3 is 2.76 bits per heavy atom. The maximum Gasteiger partial charge on any atom is 0.225 e. The van der Waals surface area contributed by atoms with Crippen LogP contribution >= 0.6 is 0 Å². The van der Waals surface area contributed by atoms with Gasteiger partial charge in [-0.3, -0.25) is 0 Å². The molecule has 0 aliphatic carbocycles. The van der Waals surface area contributed by atoms with Crippen molar-refractivity contribution >= 4 is 16.9 Å². The zero-order valence-corrected chi connectivity index (χ0v) is 9.33. The summed E-state index contributed by atoms with van der Waals surface area (Å²) >= 11 is 0. The van der Waals surface area contributed by atoms with Crippen molar-refractivity contribution in [3.8, 4) is 5.82 Å². The third-order valence-corrected chi connectivity index (χ3v) is 2.53. The molecular formula is C12H11N5. The Balaban J connectivity index is 2.35. The average Bonchev–Trinajstić information content (AvgIpc) is 2.91. The lowest BCUT2D eigenvalue weighted by molar-refractivity contribution is 0.852. The number of aromatic nitrogens is 4. The Hall–Kier alpha value is -2.43. The largest absolute Gasteiger partial charge is 0.357 e. The molecule has 0 fully saturated rings. The summed E-state index contributed by atoms with van der Waals surface area (Å²) in [5.74, 6) is 1.37. The molecule has 3 rings (SSSR count). The molecule has 0 amide bonds. The Labute approximate surface area is 98.1 Å². The van der Waals surface area contributed by atoms with E-state index in [1.807, 2.05) is 36.5 Å². The minimum atomic E-state index is 0.592. The van der Waals surface area contributed by atoms with E-state index < -0.39 is 0 Å². The second kappa shape index (κ2) is 3.86. The number of nitrogens with zero attached hydrogens (tertiary/aromatic N) is 4. The molecular weight excluding hydrogens is 214 g/mol. The molecule has 0 bridgehead atoms. The molecule has 5 heteroatoms. The van der Waals surface area contributed by atoms with Crippen LogP contribution in [0, 0.1) is 0 Å². The van der Waals surface area contributed by atoms with Gasteiger partial charge in [-0.1, -0.05) is 12.1 Å². The zero-order chi connectivity index (χ0) is 11.7. The van der Waals surface area contributed by atoms with Gasteiger partial charge in [0.15, 0.2) is 5.82 Å². The third kappa shape index (κ3) is 1.61. The van der Waals surface area contributed by atoms with E-state index >= 15 is 0 Å². The average molecular weight is 225 g/mol. The Kier molecular flexibility index (Phi) is 2.22. The van der Waals surface area contributed by atoms with Gasteiger partial charge in [-0.25, -0.2) is 9.67 Å². The van der Waals surface area contributed by atoms with Crippen molar-refractivity contribution in [2.24, 2.45) is 0 Å². The molecule has 1 N–H and O–H groups in total. The Bertz CT molecular complexity index is 645. The van der Waals surface area contributed by atoms with Gasteiger partial charge in [0, 0.05) is 24.8 Å². The second-order valence-electron chi connectivity index (χ2n) is 3.59. The SMILES string of the molecule is CNc1nc(-n2cccn2)c2ccccc2n1. The monoisotopic (exact) mass is 225 g/mol. The van der Waals surface area contributed by atoms with Crippen LogP contribution in [0.5, 0.6) is 0 Å². The summed E-state index contributed by atoms with van der Waals surface area (Å²) in [6.07, 6.45) is 3.60. The number of hydrogen-bond donors (Lipinski definition) is 1. The molecule has 0 saturated heterocycles. The Morgan fingerprint density at radius 1 is 1.12 bits per heavy atom. The fourth-order valence-corrected chi connectivity index (χ4v) is 1.74. The fraction of sp³-hybridized carbons (Fsp3) is 0.0833. The number of benzene rings is 1. The van der Waals surface area contributed by atoms with Gasteiger partial charge in [-0.05, 0) is 18.2 Å². The number of nitrogens with one attached hydrogen (secondary N) is 1. The second-order valence-corrected chi connectivity index (χ2v) is 3.59. The highest BCUT2D eigenvalue weighted by Gasteiger charge is 2.08. The summed E-state index contributed by atoms with van der Waals surface area (Å²) in [7, 11) is 1.80. The van der Waals surface area contributed by atoms with E-state index in [2.05, 4.69) is 20.4 Å². The van der Waals surface area contributed by atoms with Crippen molar-refractivity contribution in [3.63, 3.8) is 0 Å². The summed E-state index contributed by atoms with van der Waals surface area (Å²) in [5.41, 5.74) is 0.900. The predicted octanol–water partition coefficient (Wildman–Crippen LogP) is 1.86. The maximum atomic E-state index is 4.44. The summed E-state index contributed by atoms with van der Waals surface area (Å²) in [4.78, 5) is 8.84. The minimum absolute atomic E-state index is 0.592. The molecule has 0 saturated carbocycles. The molecule has 1 aromatic carbocycles. The van der Waals surface area contributed by atoms with Gasteiger partial charge in [-0.2, -0.15) is 10.1 Å². The maximum absolute atomic E-state index is 4.44. The van der Waals surface area contributed by atoms with E-state index in [0.29, 0.717) is 5.95 Å². The highest BCUT2D eigenvalue weighted by atomic mass is 15.3. The van der Waals surface area contributed by atoms with Gasteiger partial charge in [0.25, 0.3) is 0 Å². The molecule has 0 atom stereocenters. The number of anilines is 1. The molecule has 0 radical (unpaired) electrons. The van der Waals surface area contributed by atoms with Crippen molar-refractivity contribution in [1.29, 1.82) is 0 Å².